The van der Waals surface area contributed by atoms with E-state index in [9.17, 15) is 4.21 Å². The molecule has 1 aromatic heterocycles. The average molecular weight is 306 g/mol. The number of hydrogen-bond donors (Lipinski definition) is 1. The first-order chi connectivity index (χ1) is 8.06. The zero-order valence-electron chi connectivity index (χ0n) is 8.65. The van der Waals surface area contributed by atoms with Gasteiger partial charge in [0.2, 0.25) is 0 Å². The van der Waals surface area contributed by atoms with Crippen LogP contribution in [-0.2, 0) is 16.6 Å². The van der Waals surface area contributed by atoms with Gasteiger partial charge in [0, 0.05) is 10.6 Å². The van der Waals surface area contributed by atoms with Gasteiger partial charge >= 0.3 is 0 Å². The smallest absolute Gasteiger partial charge is 0.0931 e. The van der Waals surface area contributed by atoms with Crippen LogP contribution in [-0.4, -0.2) is 4.21 Å². The zero-order valence-corrected chi connectivity index (χ0v) is 11.8. The molecule has 2 N–H and O–H groups in total. The number of rotatable bonds is 3. The average Bonchev–Trinajstić information content (AvgIpc) is 2.63. The summed E-state index contributed by atoms with van der Waals surface area (Å²) in [5.74, 6) is 0.418. The van der Waals surface area contributed by atoms with E-state index in [2.05, 4.69) is 0 Å². The highest BCUT2D eigenvalue weighted by molar-refractivity contribution is 7.84. The Morgan fingerprint density at radius 2 is 2.00 bits per heavy atom. The maximum atomic E-state index is 12.1. The van der Waals surface area contributed by atoms with E-state index in [1.165, 1.54) is 11.3 Å². The first-order valence-corrected chi connectivity index (χ1v) is 7.63. The second-order valence-electron chi connectivity index (χ2n) is 3.39. The second kappa shape index (κ2) is 5.40. The standard InChI is InChI=1S/C11H9Cl2NOS2/c12-9-5-7(14)1-3-10(9)17(15)6-8-2-4-11(13)16-8/h1-5H,6,14H2. The molecule has 2 nitrogen and oxygen atoms in total. The molecular weight excluding hydrogens is 297 g/mol. The van der Waals surface area contributed by atoms with Gasteiger partial charge in [-0.05, 0) is 30.3 Å². The summed E-state index contributed by atoms with van der Waals surface area (Å²) in [6.07, 6.45) is 0. The summed E-state index contributed by atoms with van der Waals surface area (Å²) < 4.78 is 12.8. The molecular formula is C11H9Cl2NOS2. The Morgan fingerprint density at radius 3 is 2.59 bits per heavy atom. The van der Waals surface area contributed by atoms with Crippen LogP contribution in [0.15, 0.2) is 35.2 Å². The number of nitrogen functional groups attached to an aromatic ring is 1. The van der Waals surface area contributed by atoms with Gasteiger partial charge in [-0.1, -0.05) is 23.2 Å². The van der Waals surface area contributed by atoms with Crippen molar-refractivity contribution in [3.63, 3.8) is 0 Å². The van der Waals surface area contributed by atoms with E-state index in [0.29, 0.717) is 25.7 Å². The second-order valence-corrected chi connectivity index (χ2v) is 7.01. The fraction of sp³-hybridized carbons (Fsp3) is 0.0909. The molecule has 1 heterocycles. The maximum absolute atomic E-state index is 12.1. The first kappa shape index (κ1) is 12.9. The van der Waals surface area contributed by atoms with Crippen LogP contribution in [0.2, 0.25) is 9.36 Å². The van der Waals surface area contributed by atoms with Gasteiger partial charge in [-0.15, -0.1) is 11.3 Å². The summed E-state index contributed by atoms with van der Waals surface area (Å²) >= 11 is 13.2. The lowest BCUT2D eigenvalue weighted by Crippen LogP contribution is -1.96. The first-order valence-electron chi connectivity index (χ1n) is 4.74. The Kier molecular flexibility index (Phi) is 4.09. The van der Waals surface area contributed by atoms with Crippen molar-refractivity contribution in [2.75, 3.05) is 5.73 Å². The third kappa shape index (κ3) is 3.22. The van der Waals surface area contributed by atoms with Crippen molar-refractivity contribution in [3.8, 4) is 0 Å². The van der Waals surface area contributed by atoms with E-state index in [1.54, 1.807) is 24.3 Å². The molecule has 2 rings (SSSR count). The minimum absolute atomic E-state index is 0.418. The van der Waals surface area contributed by atoms with E-state index in [-0.39, 0.29) is 0 Å². The molecule has 0 spiro atoms. The fourth-order valence-corrected chi connectivity index (χ4v) is 4.23. The number of nitrogens with two attached hydrogens (primary N) is 1. The van der Waals surface area contributed by atoms with Crippen LogP contribution < -0.4 is 5.73 Å². The van der Waals surface area contributed by atoms with Crippen molar-refractivity contribution in [1.29, 1.82) is 0 Å². The van der Waals surface area contributed by atoms with Crippen LogP contribution in [0.4, 0.5) is 5.69 Å². The summed E-state index contributed by atoms with van der Waals surface area (Å²) in [7, 11) is -1.18. The number of halogens is 2. The van der Waals surface area contributed by atoms with Crippen LogP contribution in [0.1, 0.15) is 4.88 Å². The third-order valence-electron chi connectivity index (χ3n) is 2.10. The summed E-state index contributed by atoms with van der Waals surface area (Å²) in [6.45, 7) is 0. The molecule has 1 unspecified atom stereocenters. The molecule has 6 heteroatoms. The van der Waals surface area contributed by atoms with Crippen LogP contribution in [0.5, 0.6) is 0 Å². The largest absolute Gasteiger partial charge is 0.399 e. The van der Waals surface area contributed by atoms with E-state index in [1.807, 2.05) is 6.07 Å². The molecule has 0 aliphatic carbocycles. The van der Waals surface area contributed by atoms with Gasteiger partial charge in [0.1, 0.15) is 0 Å². The highest BCUT2D eigenvalue weighted by Crippen LogP contribution is 2.27. The summed E-state index contributed by atoms with van der Waals surface area (Å²) in [5.41, 5.74) is 6.15. The number of thiophene rings is 1. The number of hydrogen-bond acceptors (Lipinski definition) is 3. The lowest BCUT2D eigenvalue weighted by atomic mass is 10.3. The quantitative estimate of drug-likeness (QED) is 0.873. The summed E-state index contributed by atoms with van der Waals surface area (Å²) in [5, 5.41) is 0.436. The van der Waals surface area contributed by atoms with Crippen molar-refractivity contribution in [2.45, 2.75) is 10.6 Å². The predicted molar refractivity (Wildman–Crippen MR) is 75.3 cm³/mol. The highest BCUT2D eigenvalue weighted by Gasteiger charge is 2.11. The summed E-state index contributed by atoms with van der Waals surface area (Å²) in [4.78, 5) is 1.58. The molecule has 2 aromatic rings. The van der Waals surface area contributed by atoms with E-state index < -0.39 is 10.8 Å². The topological polar surface area (TPSA) is 43.1 Å². The van der Waals surface area contributed by atoms with Crippen molar-refractivity contribution in [1.82, 2.24) is 0 Å². The molecule has 0 radical (unpaired) electrons. The number of anilines is 1. The predicted octanol–water partition coefficient (Wildman–Crippen LogP) is 3.94. The van der Waals surface area contributed by atoms with Gasteiger partial charge in [-0.25, -0.2) is 0 Å². The van der Waals surface area contributed by atoms with Crippen molar-refractivity contribution >= 4 is 51.0 Å². The molecule has 1 atom stereocenters. The molecule has 0 saturated heterocycles. The Labute approximate surface area is 116 Å². The lowest BCUT2D eigenvalue weighted by molar-refractivity contribution is 0.683. The number of benzene rings is 1. The van der Waals surface area contributed by atoms with E-state index >= 15 is 0 Å². The van der Waals surface area contributed by atoms with Gasteiger partial charge < -0.3 is 5.73 Å². The molecule has 0 fully saturated rings. The molecule has 0 amide bonds. The Morgan fingerprint density at radius 1 is 1.24 bits per heavy atom. The molecule has 0 bridgehead atoms. The highest BCUT2D eigenvalue weighted by atomic mass is 35.5. The zero-order chi connectivity index (χ0) is 12.4. The van der Waals surface area contributed by atoms with Crippen molar-refractivity contribution < 1.29 is 4.21 Å². The van der Waals surface area contributed by atoms with Crippen LogP contribution >= 0.6 is 34.5 Å². The van der Waals surface area contributed by atoms with Gasteiger partial charge in [0.25, 0.3) is 0 Å². The van der Waals surface area contributed by atoms with Gasteiger partial charge in [0.05, 0.1) is 30.8 Å². The fourth-order valence-electron chi connectivity index (χ4n) is 1.34. The Balaban J connectivity index is 2.20. The Bertz CT molecular complexity index is 568. The van der Waals surface area contributed by atoms with Crippen LogP contribution in [0.3, 0.4) is 0 Å². The molecule has 0 aliphatic rings. The molecule has 17 heavy (non-hydrogen) atoms. The maximum Gasteiger partial charge on any atom is 0.0931 e. The molecule has 0 saturated carbocycles. The van der Waals surface area contributed by atoms with Gasteiger partial charge in [-0.2, -0.15) is 0 Å². The molecule has 0 aliphatic heterocycles. The minimum Gasteiger partial charge on any atom is -0.399 e. The van der Waals surface area contributed by atoms with Crippen molar-refractivity contribution in [2.24, 2.45) is 0 Å². The Hall–Kier alpha value is -0.550. The lowest BCUT2D eigenvalue weighted by Gasteiger charge is -2.04. The normalized spacial score (nSPS) is 12.6. The molecule has 90 valence electrons. The third-order valence-corrected chi connectivity index (χ3v) is 5.36. The monoisotopic (exact) mass is 305 g/mol. The molecule has 1 aromatic carbocycles. The van der Waals surface area contributed by atoms with Gasteiger partial charge in [0.15, 0.2) is 0 Å². The van der Waals surface area contributed by atoms with Crippen LogP contribution in [0.25, 0.3) is 0 Å². The van der Waals surface area contributed by atoms with E-state index in [0.717, 1.165) is 4.88 Å². The van der Waals surface area contributed by atoms with Gasteiger partial charge in [-0.3, -0.25) is 4.21 Å². The van der Waals surface area contributed by atoms with Crippen LogP contribution in [0, 0.1) is 0 Å². The van der Waals surface area contributed by atoms with E-state index in [4.69, 9.17) is 28.9 Å². The summed E-state index contributed by atoms with van der Waals surface area (Å²) in [6, 6.07) is 8.67. The minimum atomic E-state index is -1.18. The van der Waals surface area contributed by atoms with Crippen molar-refractivity contribution in [3.05, 3.63) is 44.6 Å². The SMILES string of the molecule is Nc1ccc(S(=O)Cc2ccc(Cl)s2)c(Cl)c1.